The van der Waals surface area contributed by atoms with Gasteiger partial charge in [0.2, 0.25) is 0 Å². The van der Waals surface area contributed by atoms with Crippen LogP contribution >= 0.6 is 0 Å². The van der Waals surface area contributed by atoms with Gasteiger partial charge < -0.3 is 19.9 Å². The Hall–Kier alpha value is -1.79. The Morgan fingerprint density at radius 2 is 1.89 bits per heavy atom. The van der Waals surface area contributed by atoms with Gasteiger partial charge in [0.15, 0.2) is 6.04 Å². The number of rotatable bonds is 4. The largest absolute Gasteiger partial charge is 0.480 e. The molecule has 0 aromatic carbocycles. The van der Waals surface area contributed by atoms with Gasteiger partial charge in [0.05, 0.1) is 0 Å². The van der Waals surface area contributed by atoms with Crippen LogP contribution in [0.2, 0.25) is 0 Å². The Bertz CT molecular complexity index is 352. The van der Waals surface area contributed by atoms with Crippen LogP contribution in [-0.2, 0) is 19.1 Å². The monoisotopic (exact) mass is 262 g/mol. The van der Waals surface area contributed by atoms with Crippen molar-refractivity contribution in [2.75, 3.05) is 0 Å². The molecule has 0 heterocycles. The minimum absolute atomic E-state index is 0.622. The molecule has 7 heteroatoms. The second-order valence-corrected chi connectivity index (χ2v) is 4.66. The zero-order valence-corrected chi connectivity index (χ0v) is 10.9. The maximum atomic E-state index is 11.5. The number of hydrogen-bond donors (Lipinski definition) is 2. The van der Waals surface area contributed by atoms with Crippen LogP contribution in [0.5, 0.6) is 0 Å². The average Bonchev–Trinajstić information content (AvgIpc) is 2.22. The first kappa shape index (κ1) is 14.3. The van der Waals surface area contributed by atoms with Crippen molar-refractivity contribution in [2.24, 2.45) is 0 Å². The smallest absolute Gasteiger partial charge is 0.408 e. The van der Waals surface area contributed by atoms with Crippen LogP contribution in [0, 0.1) is 0 Å². The maximum Gasteiger partial charge on any atom is 0.408 e. The fraction of sp³-hybridized carbons (Fsp3) is 0.727. The molecule has 2 atom stereocenters. The highest BCUT2D eigenvalue weighted by Crippen LogP contribution is 2.08. The molecule has 0 spiro atoms. The van der Waals surface area contributed by atoms with Gasteiger partial charge in [-0.2, -0.15) is 0 Å². The lowest BCUT2D eigenvalue weighted by atomic mass is 10.2. The Labute approximate surface area is 107 Å². The fourth-order valence-electron chi connectivity index (χ4n) is 1.09. The molecule has 0 fully saturated rings. The molecule has 7 nitrogen and oxygen atoms in total. The summed E-state index contributed by atoms with van der Waals surface area (Å²) in [5.41, 5.74) is -0.770. The molecule has 0 radical (unpaired) electrons. The number of alkyl carbamates (subject to hydrolysis) is 1. The molecule has 0 aliphatic heterocycles. The number of carboxylic acids is 1. The lowest BCUT2D eigenvalue weighted by Crippen LogP contribution is -2.50. The summed E-state index contributed by atoms with van der Waals surface area (Å²) in [7, 11) is 0. The molecule has 104 valence electrons. The summed E-state index contributed by atoms with van der Waals surface area (Å²) in [6, 6.07) is -1.44. The number of carbonyl (C=O) groups excluding carboxylic acids is 2. The molecular weight excluding hydrogens is 242 g/mol. The van der Waals surface area contributed by atoms with Gasteiger partial charge in [-0.1, -0.05) is 0 Å². The average molecular weight is 262 g/mol. The fourth-order valence-corrected chi connectivity index (χ4v) is 1.09. The predicted molar refractivity (Wildman–Crippen MR) is 62.0 cm³/mol. The minimum atomic E-state index is -1.44. The first-order chi connectivity index (χ1) is 8.56. The standard InChI is InChI=1S/C11H19NO6/c1-6(17-7(2)13)8(9(14)15)12-10(16)18-11(3,4)5/h6,8H,1-5H3,(H,12,16)(H,14,15)/t6-,8+/m1/s1/i2D. The highest BCUT2D eigenvalue weighted by atomic mass is 16.6. The van der Waals surface area contributed by atoms with Crippen LogP contribution in [0.25, 0.3) is 0 Å². The van der Waals surface area contributed by atoms with Crippen LogP contribution in [0.4, 0.5) is 4.79 Å². The summed E-state index contributed by atoms with van der Waals surface area (Å²) >= 11 is 0. The summed E-state index contributed by atoms with van der Waals surface area (Å²) in [5, 5.41) is 11.1. The lowest BCUT2D eigenvalue weighted by molar-refractivity contribution is -0.152. The molecule has 0 unspecified atom stereocenters. The summed E-state index contributed by atoms with van der Waals surface area (Å²) in [5.74, 6) is -2.24. The van der Waals surface area contributed by atoms with E-state index in [4.69, 9.17) is 11.2 Å². The van der Waals surface area contributed by atoms with E-state index in [1.165, 1.54) is 6.92 Å². The number of aliphatic carboxylic acids is 1. The van der Waals surface area contributed by atoms with Crippen molar-refractivity contribution < 1.29 is 30.3 Å². The quantitative estimate of drug-likeness (QED) is 0.730. The molecule has 0 rings (SSSR count). The van der Waals surface area contributed by atoms with Crippen molar-refractivity contribution in [1.29, 1.82) is 0 Å². The van der Waals surface area contributed by atoms with E-state index in [1.807, 2.05) is 0 Å². The number of hydrogen-bond acceptors (Lipinski definition) is 5. The molecule has 0 bridgehead atoms. The lowest BCUT2D eigenvalue weighted by Gasteiger charge is -2.24. The number of carbonyl (C=O) groups is 3. The van der Waals surface area contributed by atoms with Crippen molar-refractivity contribution >= 4 is 18.0 Å². The first-order valence-electron chi connectivity index (χ1n) is 5.98. The van der Waals surface area contributed by atoms with Crippen LogP contribution in [0.1, 0.15) is 36.0 Å². The van der Waals surface area contributed by atoms with Crippen LogP contribution < -0.4 is 5.32 Å². The van der Waals surface area contributed by atoms with Gasteiger partial charge >= 0.3 is 18.0 Å². The minimum Gasteiger partial charge on any atom is -0.480 e. The van der Waals surface area contributed by atoms with Crippen molar-refractivity contribution in [2.45, 2.75) is 52.3 Å². The zero-order chi connectivity index (χ0) is 15.2. The molecule has 0 aromatic rings. The van der Waals surface area contributed by atoms with Crippen molar-refractivity contribution in [1.82, 2.24) is 5.32 Å². The van der Waals surface area contributed by atoms with Gasteiger partial charge in [-0.25, -0.2) is 9.59 Å². The first-order valence-corrected chi connectivity index (χ1v) is 5.28. The van der Waals surface area contributed by atoms with Gasteiger partial charge in [-0.15, -0.1) is 0 Å². The molecule has 1 amide bonds. The second-order valence-electron chi connectivity index (χ2n) is 4.66. The third-order valence-electron chi connectivity index (χ3n) is 1.73. The van der Waals surface area contributed by atoms with Crippen LogP contribution in [-0.4, -0.2) is 40.9 Å². The molecule has 18 heavy (non-hydrogen) atoms. The molecule has 0 saturated carbocycles. The highest BCUT2D eigenvalue weighted by molar-refractivity contribution is 5.81. The Morgan fingerprint density at radius 3 is 2.28 bits per heavy atom. The Kier molecular flexibility index (Phi) is 4.94. The number of esters is 1. The van der Waals surface area contributed by atoms with E-state index in [0.717, 1.165) is 0 Å². The third-order valence-corrected chi connectivity index (χ3v) is 1.73. The Balaban J connectivity index is 4.62. The SMILES string of the molecule is [2H]CC(=O)O[C@H](C)[C@H](NC(=O)OC(C)(C)C)C(=O)O. The van der Waals surface area contributed by atoms with Crippen molar-refractivity contribution in [3.05, 3.63) is 0 Å². The summed E-state index contributed by atoms with van der Waals surface area (Å²) < 4.78 is 16.4. The van der Waals surface area contributed by atoms with Crippen molar-refractivity contribution in [3.63, 3.8) is 0 Å². The van der Waals surface area contributed by atoms with Gasteiger partial charge in [-0.05, 0) is 27.7 Å². The van der Waals surface area contributed by atoms with E-state index in [0.29, 0.717) is 0 Å². The van der Waals surface area contributed by atoms with E-state index in [1.54, 1.807) is 20.8 Å². The molecule has 0 saturated heterocycles. The topological polar surface area (TPSA) is 102 Å². The predicted octanol–water partition coefficient (Wildman–Crippen LogP) is 0.916. The number of nitrogens with one attached hydrogen (secondary N) is 1. The summed E-state index contributed by atoms with van der Waals surface area (Å²) in [6.07, 6.45) is -2.03. The van der Waals surface area contributed by atoms with Crippen molar-refractivity contribution in [3.8, 4) is 0 Å². The number of carboxylic acid groups (broad SMARTS) is 1. The van der Waals surface area contributed by atoms with Crippen LogP contribution in [0.3, 0.4) is 0 Å². The van der Waals surface area contributed by atoms with E-state index in [-0.39, 0.29) is 0 Å². The molecular formula is C11H19NO6. The van der Waals surface area contributed by atoms with Crippen LogP contribution in [0.15, 0.2) is 0 Å². The molecule has 0 aromatic heterocycles. The van der Waals surface area contributed by atoms with Gasteiger partial charge in [0, 0.05) is 8.27 Å². The number of amides is 1. The van der Waals surface area contributed by atoms with E-state index in [2.05, 4.69) is 10.1 Å². The van der Waals surface area contributed by atoms with Gasteiger partial charge in [-0.3, -0.25) is 4.79 Å². The van der Waals surface area contributed by atoms with E-state index >= 15 is 0 Å². The van der Waals surface area contributed by atoms with Gasteiger partial charge in [0.25, 0.3) is 0 Å². The summed E-state index contributed by atoms with van der Waals surface area (Å²) in [6.45, 7) is 5.58. The Morgan fingerprint density at radius 1 is 1.33 bits per heavy atom. The third kappa shape index (κ3) is 6.72. The molecule has 2 N–H and O–H groups in total. The molecule has 0 aliphatic rings. The normalized spacial score (nSPS) is 15.0. The summed E-state index contributed by atoms with van der Waals surface area (Å²) in [4.78, 5) is 33.4. The molecule has 0 aliphatic carbocycles. The zero-order valence-electron chi connectivity index (χ0n) is 11.9. The van der Waals surface area contributed by atoms with E-state index in [9.17, 15) is 14.4 Å². The second kappa shape index (κ2) is 6.23. The van der Waals surface area contributed by atoms with E-state index < -0.39 is 42.7 Å². The van der Waals surface area contributed by atoms with Gasteiger partial charge in [0.1, 0.15) is 11.7 Å². The highest BCUT2D eigenvalue weighted by Gasteiger charge is 2.30. The maximum absolute atomic E-state index is 11.5. The number of ether oxygens (including phenoxy) is 2.